The maximum absolute atomic E-state index is 12.2. The Labute approximate surface area is 369 Å². The predicted octanol–water partition coefficient (Wildman–Crippen LogP) is 9.66. The van der Waals surface area contributed by atoms with E-state index in [9.17, 15) is 20.4 Å². The van der Waals surface area contributed by atoms with E-state index in [4.69, 9.17) is 25.7 Å². The van der Waals surface area contributed by atoms with E-state index in [1.165, 1.54) is 25.7 Å². The first-order valence-corrected chi connectivity index (χ1v) is 23.7. The van der Waals surface area contributed by atoms with Crippen molar-refractivity contribution in [1.82, 2.24) is 0 Å². The molecular formula is C52H73N3O7. The summed E-state index contributed by atoms with van der Waals surface area (Å²) in [5, 5.41) is 44.8. The summed E-state index contributed by atoms with van der Waals surface area (Å²) in [5.41, 5.74) is 18.2. The standard InChI is InChI=1S/C52H73N3O7/c1-6-7-8-11-31(4)38-23-34(15-14-32(38)19-21-56)39-24-36-26-43(58)37(22-30(2)3)25-40(36)50-48(60-5)29-46-41(49(39)50)28-44(59)51(62-46)35-16-17-42(57)47(27-35)61-45-13-10-9-12-33(45)18-20-55-52(53)54/h14-17,25-27,29-34,38-39,44-45,51,56-59H,6-13,18-24,28H2,1-5H3,(H4,53,54,55)/t31-,32-,33+,34+,38-,39+,44+,45-,51-/m0/s1. The highest BCUT2D eigenvalue weighted by atomic mass is 16.5. The summed E-state index contributed by atoms with van der Waals surface area (Å²) in [7, 11) is 1.71. The van der Waals surface area contributed by atoms with Crippen molar-refractivity contribution in [3.05, 3.63) is 76.4 Å². The number of allylic oxidation sites excluding steroid dienone is 2. The highest BCUT2D eigenvalue weighted by Gasteiger charge is 2.42. The van der Waals surface area contributed by atoms with Crippen LogP contribution < -0.4 is 25.7 Å². The van der Waals surface area contributed by atoms with Crippen LogP contribution in [0.1, 0.15) is 138 Å². The Morgan fingerprint density at radius 2 is 1.76 bits per heavy atom. The second-order valence-corrected chi connectivity index (χ2v) is 19.3. The summed E-state index contributed by atoms with van der Waals surface area (Å²) in [6.45, 7) is 9.69. The lowest BCUT2D eigenvalue weighted by Gasteiger charge is -2.43. The van der Waals surface area contributed by atoms with Crippen LogP contribution >= 0.6 is 0 Å². The largest absolute Gasteiger partial charge is 0.508 e. The van der Waals surface area contributed by atoms with Gasteiger partial charge in [-0.2, -0.15) is 0 Å². The van der Waals surface area contributed by atoms with Crippen molar-refractivity contribution in [1.29, 1.82) is 0 Å². The highest BCUT2D eigenvalue weighted by Crippen LogP contribution is 2.56. The van der Waals surface area contributed by atoms with Crippen molar-refractivity contribution in [2.45, 2.75) is 142 Å². The van der Waals surface area contributed by atoms with Crippen molar-refractivity contribution in [2.75, 3.05) is 20.3 Å². The average molecular weight is 852 g/mol. The van der Waals surface area contributed by atoms with Gasteiger partial charge >= 0.3 is 0 Å². The minimum Gasteiger partial charge on any atom is -0.508 e. The van der Waals surface area contributed by atoms with Gasteiger partial charge < -0.3 is 46.1 Å². The molecule has 3 aromatic carbocycles. The minimum atomic E-state index is -0.875. The van der Waals surface area contributed by atoms with Gasteiger partial charge in [-0.05, 0) is 145 Å². The van der Waals surface area contributed by atoms with E-state index >= 15 is 0 Å². The van der Waals surface area contributed by atoms with Gasteiger partial charge in [0, 0.05) is 36.8 Å². The fourth-order valence-electron chi connectivity index (χ4n) is 11.4. The second kappa shape index (κ2) is 20.4. The molecule has 0 aromatic heterocycles. The van der Waals surface area contributed by atoms with Gasteiger partial charge in [0.1, 0.15) is 29.5 Å². The number of hydrogen-bond acceptors (Lipinski definition) is 8. The topological polar surface area (TPSA) is 173 Å². The summed E-state index contributed by atoms with van der Waals surface area (Å²) in [5.74, 6) is 4.37. The van der Waals surface area contributed by atoms with E-state index in [-0.39, 0.29) is 42.2 Å². The lowest BCUT2D eigenvalue weighted by Crippen LogP contribution is -2.34. The van der Waals surface area contributed by atoms with Crippen LogP contribution in [0.25, 0.3) is 11.1 Å². The second-order valence-electron chi connectivity index (χ2n) is 19.3. The Morgan fingerprint density at radius 3 is 2.50 bits per heavy atom. The number of nitrogens with zero attached hydrogens (tertiary/aromatic N) is 1. The lowest BCUT2D eigenvalue weighted by molar-refractivity contribution is 0.0197. The average Bonchev–Trinajstić information content (AvgIpc) is 3.24. The Bertz CT molecular complexity index is 2060. The molecule has 62 heavy (non-hydrogen) atoms. The van der Waals surface area contributed by atoms with Gasteiger partial charge in [-0.25, -0.2) is 0 Å². The molecule has 9 atom stereocenters. The number of hydrogen-bond donors (Lipinski definition) is 6. The van der Waals surface area contributed by atoms with E-state index in [1.54, 1.807) is 13.2 Å². The Morgan fingerprint density at radius 1 is 0.952 bits per heavy atom. The summed E-state index contributed by atoms with van der Waals surface area (Å²) >= 11 is 0. The number of fused-ring (bicyclic) bond motifs is 5. The van der Waals surface area contributed by atoms with E-state index in [0.717, 1.165) is 96.7 Å². The van der Waals surface area contributed by atoms with Crippen LogP contribution in [0.15, 0.2) is 53.5 Å². The van der Waals surface area contributed by atoms with Crippen LogP contribution in [0.2, 0.25) is 0 Å². The number of rotatable bonds is 17. The first-order chi connectivity index (χ1) is 29.9. The normalized spacial score (nSPS) is 25.9. The number of phenolic OH excluding ortho intramolecular Hbond substituents is 2. The molecule has 1 fully saturated rings. The molecule has 10 nitrogen and oxygen atoms in total. The SMILES string of the molecule is CCCCC[C@H](C)[C@@H]1C[C@H]([C@H]2Cc3cc(O)c(CC(C)C)cc3-c3c(OC)cc4c(c32)C[C@@H](O)[C@H](c2ccc(O)c(O[C@H]3CCCC[C@@H]3CCN=C(N)N)c2)O4)C=C[C@H]1CCO. The number of aliphatic hydroxyl groups excluding tert-OH is 2. The summed E-state index contributed by atoms with van der Waals surface area (Å²) < 4.78 is 19.8. The Balaban J connectivity index is 1.27. The molecule has 338 valence electrons. The van der Waals surface area contributed by atoms with Gasteiger partial charge in [0.05, 0.1) is 13.2 Å². The molecule has 0 spiro atoms. The molecule has 3 aliphatic carbocycles. The quantitative estimate of drug-likeness (QED) is 0.0335. The van der Waals surface area contributed by atoms with Gasteiger partial charge in [0.25, 0.3) is 0 Å². The molecule has 0 radical (unpaired) electrons. The summed E-state index contributed by atoms with van der Waals surface area (Å²) in [6.07, 6.45) is 16.3. The third-order valence-electron chi connectivity index (χ3n) is 14.5. The number of guanidine groups is 1. The molecule has 0 amide bonds. The van der Waals surface area contributed by atoms with Crippen LogP contribution in [0.3, 0.4) is 0 Å². The zero-order valence-electron chi connectivity index (χ0n) is 37.8. The number of ether oxygens (including phenoxy) is 3. The summed E-state index contributed by atoms with van der Waals surface area (Å²) in [4.78, 5) is 4.20. The Hall–Kier alpha value is -4.41. The van der Waals surface area contributed by atoms with E-state index in [2.05, 4.69) is 50.9 Å². The van der Waals surface area contributed by atoms with Crippen LogP contribution in [0, 0.1) is 35.5 Å². The molecule has 1 saturated carbocycles. The van der Waals surface area contributed by atoms with Crippen LogP contribution in [-0.2, 0) is 19.3 Å². The molecule has 1 heterocycles. The minimum absolute atomic E-state index is 0.0461. The number of phenols is 2. The van der Waals surface area contributed by atoms with Gasteiger partial charge in [0.2, 0.25) is 0 Å². The van der Waals surface area contributed by atoms with E-state index in [1.807, 2.05) is 24.3 Å². The van der Waals surface area contributed by atoms with Gasteiger partial charge in [-0.1, -0.05) is 78.0 Å². The van der Waals surface area contributed by atoms with Crippen LogP contribution in [0.4, 0.5) is 0 Å². The highest BCUT2D eigenvalue weighted by molar-refractivity contribution is 5.84. The first-order valence-electron chi connectivity index (χ1n) is 23.7. The fraction of sp³-hybridized carbons (Fsp3) is 0.596. The zero-order valence-corrected chi connectivity index (χ0v) is 37.8. The maximum atomic E-state index is 12.2. The molecule has 4 aliphatic rings. The van der Waals surface area contributed by atoms with E-state index in [0.29, 0.717) is 59.6 Å². The van der Waals surface area contributed by atoms with Crippen LogP contribution in [0.5, 0.6) is 28.7 Å². The van der Waals surface area contributed by atoms with Crippen molar-refractivity contribution in [2.24, 2.45) is 52.0 Å². The van der Waals surface area contributed by atoms with Crippen molar-refractivity contribution < 1.29 is 34.6 Å². The number of aromatic hydroxyl groups is 2. The third kappa shape index (κ3) is 10.0. The molecule has 1 aliphatic heterocycles. The predicted molar refractivity (Wildman–Crippen MR) is 247 cm³/mol. The summed E-state index contributed by atoms with van der Waals surface area (Å²) in [6, 6.07) is 11.4. The monoisotopic (exact) mass is 852 g/mol. The van der Waals surface area contributed by atoms with E-state index < -0.39 is 12.2 Å². The molecular weight excluding hydrogens is 779 g/mol. The molecule has 0 unspecified atom stereocenters. The van der Waals surface area contributed by atoms with Crippen molar-refractivity contribution in [3.63, 3.8) is 0 Å². The molecule has 7 rings (SSSR count). The molecule has 0 saturated heterocycles. The molecule has 8 N–H and O–H groups in total. The molecule has 0 bridgehead atoms. The number of unbranched alkanes of at least 4 members (excludes halogenated alkanes) is 2. The van der Waals surface area contributed by atoms with Gasteiger partial charge in [-0.15, -0.1) is 0 Å². The zero-order chi connectivity index (χ0) is 44.1. The number of nitrogens with two attached hydrogens (primary N) is 2. The lowest BCUT2D eigenvalue weighted by atomic mass is 9.63. The maximum Gasteiger partial charge on any atom is 0.185 e. The smallest absolute Gasteiger partial charge is 0.185 e. The van der Waals surface area contributed by atoms with Crippen molar-refractivity contribution >= 4 is 5.96 Å². The molecule has 3 aromatic rings. The first kappa shape index (κ1) is 45.6. The van der Waals surface area contributed by atoms with Crippen molar-refractivity contribution in [3.8, 4) is 39.9 Å². The number of benzene rings is 3. The fourth-order valence-corrected chi connectivity index (χ4v) is 11.4. The third-order valence-corrected chi connectivity index (χ3v) is 14.5. The number of aliphatic hydroxyl groups is 2. The number of aliphatic imine (C=N–C) groups is 1. The number of methoxy groups -OCH3 is 1. The van der Waals surface area contributed by atoms with Gasteiger partial charge in [0.15, 0.2) is 17.5 Å². The van der Waals surface area contributed by atoms with Crippen LogP contribution in [-0.4, -0.2) is 58.9 Å². The Kier molecular flexibility index (Phi) is 15.0. The van der Waals surface area contributed by atoms with Gasteiger partial charge in [-0.3, -0.25) is 4.99 Å². The molecule has 10 heteroatoms.